The van der Waals surface area contributed by atoms with Crippen LogP contribution < -0.4 is 5.32 Å². The zero-order valence-electron chi connectivity index (χ0n) is 14.7. The van der Waals surface area contributed by atoms with E-state index in [0.29, 0.717) is 29.7 Å². The van der Waals surface area contributed by atoms with E-state index in [1.54, 1.807) is 5.38 Å². The summed E-state index contributed by atoms with van der Waals surface area (Å²) in [6.07, 6.45) is 4.86. The predicted molar refractivity (Wildman–Crippen MR) is 104 cm³/mol. The maximum atomic E-state index is 12.9. The van der Waals surface area contributed by atoms with Gasteiger partial charge in [0.15, 0.2) is 10.6 Å². The van der Waals surface area contributed by atoms with Gasteiger partial charge in [0.25, 0.3) is 5.91 Å². The van der Waals surface area contributed by atoms with E-state index in [0.717, 1.165) is 43.4 Å². The monoisotopic (exact) mass is 427 g/mol. The van der Waals surface area contributed by atoms with Gasteiger partial charge >= 0.3 is 0 Å². The number of aromatic amines is 1. The first-order valence-corrected chi connectivity index (χ1v) is 11.7. The van der Waals surface area contributed by atoms with Crippen LogP contribution >= 0.6 is 23.6 Å². The quantitative estimate of drug-likeness (QED) is 0.690. The number of amides is 1. The lowest BCUT2D eigenvalue weighted by Gasteiger charge is -2.25. The maximum absolute atomic E-state index is 12.9. The number of carbonyl (C=O) groups excluding carboxylic acids is 1. The fourth-order valence-corrected chi connectivity index (χ4v) is 6.46. The molecule has 8 nitrogen and oxygen atoms in total. The summed E-state index contributed by atoms with van der Waals surface area (Å²) in [4.78, 5) is 13.0. The average molecular weight is 428 g/mol. The molecule has 146 valence electrons. The van der Waals surface area contributed by atoms with E-state index >= 15 is 0 Å². The number of nitrogens with one attached hydrogen (secondary N) is 2. The molecule has 27 heavy (non-hydrogen) atoms. The smallest absolute Gasteiger partial charge is 0.263 e. The molecule has 1 saturated carbocycles. The van der Waals surface area contributed by atoms with E-state index in [9.17, 15) is 13.2 Å². The molecule has 1 aliphatic heterocycles. The highest BCUT2D eigenvalue weighted by molar-refractivity contribution is 7.89. The molecule has 2 N–H and O–H groups in total. The van der Waals surface area contributed by atoms with Crippen LogP contribution in [-0.4, -0.2) is 46.5 Å². The lowest BCUT2D eigenvalue weighted by atomic mass is 10.2. The molecule has 4 rings (SSSR count). The first-order valence-electron chi connectivity index (χ1n) is 9.00. The molecule has 0 aromatic carbocycles. The topological polar surface area (TPSA) is 100 Å². The Hall–Kier alpha value is -1.56. The standard InChI is InChI=1S/C16H21N5O3S3/c22-15(17-10-13-18-19-16(25)21(13)11-4-5-11)14-12(6-9-26-14)27(23,24)20-7-2-1-3-8-20/h6,9,11H,1-5,7-8,10H2,(H,17,22)(H,19,25). The summed E-state index contributed by atoms with van der Waals surface area (Å²) in [5.74, 6) is 0.254. The number of thiophene rings is 1. The summed E-state index contributed by atoms with van der Waals surface area (Å²) >= 11 is 6.38. The van der Waals surface area contributed by atoms with E-state index < -0.39 is 15.9 Å². The number of piperidine rings is 1. The van der Waals surface area contributed by atoms with Crippen LogP contribution in [0.25, 0.3) is 0 Å². The van der Waals surface area contributed by atoms with Crippen molar-refractivity contribution in [2.24, 2.45) is 0 Å². The first kappa shape index (κ1) is 18.8. The summed E-state index contributed by atoms with van der Waals surface area (Å²) < 4.78 is 29.8. The summed E-state index contributed by atoms with van der Waals surface area (Å²) in [7, 11) is -3.65. The molecule has 3 heterocycles. The lowest BCUT2D eigenvalue weighted by molar-refractivity contribution is 0.0950. The van der Waals surface area contributed by atoms with Crippen LogP contribution in [0.4, 0.5) is 0 Å². The lowest BCUT2D eigenvalue weighted by Crippen LogP contribution is -2.36. The van der Waals surface area contributed by atoms with E-state index in [2.05, 4.69) is 15.5 Å². The second-order valence-electron chi connectivity index (χ2n) is 6.81. The molecule has 0 bridgehead atoms. The van der Waals surface area contributed by atoms with Crippen molar-refractivity contribution in [3.05, 3.63) is 26.9 Å². The molecule has 0 spiro atoms. The second kappa shape index (κ2) is 7.46. The van der Waals surface area contributed by atoms with Crippen LogP contribution in [0.5, 0.6) is 0 Å². The van der Waals surface area contributed by atoms with Crippen molar-refractivity contribution < 1.29 is 13.2 Å². The first-order chi connectivity index (χ1) is 13.0. The van der Waals surface area contributed by atoms with Crippen molar-refractivity contribution in [3.8, 4) is 0 Å². The van der Waals surface area contributed by atoms with Crippen molar-refractivity contribution >= 4 is 39.5 Å². The molecule has 2 aromatic rings. The largest absolute Gasteiger partial charge is 0.344 e. The SMILES string of the molecule is O=C(NCc1n[nH]c(=S)n1C1CC1)c1sccc1S(=O)(=O)N1CCCCC1. The average Bonchev–Trinajstić information content (AvgIpc) is 3.24. The molecule has 1 aliphatic carbocycles. The maximum Gasteiger partial charge on any atom is 0.263 e. The normalized spacial score (nSPS) is 18.5. The fourth-order valence-electron chi connectivity index (χ4n) is 3.32. The van der Waals surface area contributed by atoms with Gasteiger partial charge in [0, 0.05) is 19.1 Å². The van der Waals surface area contributed by atoms with Gasteiger partial charge in [-0.25, -0.2) is 8.42 Å². The molecule has 0 unspecified atom stereocenters. The summed E-state index contributed by atoms with van der Waals surface area (Å²) in [6.45, 7) is 1.22. The minimum atomic E-state index is -3.65. The molecule has 2 aliphatic rings. The second-order valence-corrected chi connectivity index (χ2v) is 10.0. The number of nitrogens with zero attached hydrogens (tertiary/aromatic N) is 3. The van der Waals surface area contributed by atoms with Crippen molar-refractivity contribution in [1.29, 1.82) is 0 Å². The number of H-pyrrole nitrogens is 1. The molecular formula is C16H21N5O3S3. The van der Waals surface area contributed by atoms with Crippen LogP contribution in [0.3, 0.4) is 0 Å². The highest BCUT2D eigenvalue weighted by Crippen LogP contribution is 2.35. The third kappa shape index (κ3) is 3.73. The van der Waals surface area contributed by atoms with Gasteiger partial charge in [-0.2, -0.15) is 9.40 Å². The molecular weight excluding hydrogens is 406 g/mol. The van der Waals surface area contributed by atoms with Gasteiger partial charge in [0.1, 0.15) is 9.77 Å². The van der Waals surface area contributed by atoms with Gasteiger partial charge in [0.05, 0.1) is 6.54 Å². The van der Waals surface area contributed by atoms with Crippen LogP contribution in [0.15, 0.2) is 16.3 Å². The Morgan fingerprint density at radius 2 is 2.07 bits per heavy atom. The summed E-state index contributed by atoms with van der Waals surface area (Å²) in [6, 6.07) is 1.86. The number of carbonyl (C=O) groups is 1. The van der Waals surface area contributed by atoms with Crippen molar-refractivity contribution in [1.82, 2.24) is 24.4 Å². The number of sulfonamides is 1. The Bertz CT molecular complexity index is 997. The van der Waals surface area contributed by atoms with E-state index in [-0.39, 0.29) is 16.3 Å². The number of hydrogen-bond acceptors (Lipinski definition) is 6. The molecule has 2 aromatic heterocycles. The zero-order valence-corrected chi connectivity index (χ0v) is 17.1. The Balaban J connectivity index is 1.50. The zero-order chi connectivity index (χ0) is 19.0. The van der Waals surface area contributed by atoms with Crippen LogP contribution in [-0.2, 0) is 16.6 Å². The number of hydrogen-bond donors (Lipinski definition) is 2. The molecule has 2 fully saturated rings. The van der Waals surface area contributed by atoms with Gasteiger partial charge in [-0.05, 0) is 49.3 Å². The fraction of sp³-hybridized carbons (Fsp3) is 0.562. The predicted octanol–water partition coefficient (Wildman–Crippen LogP) is 2.44. The van der Waals surface area contributed by atoms with Crippen LogP contribution in [0.2, 0.25) is 0 Å². The summed E-state index contributed by atoms with van der Waals surface area (Å²) in [5.41, 5.74) is 0. The van der Waals surface area contributed by atoms with Crippen molar-refractivity contribution in [2.75, 3.05) is 13.1 Å². The third-order valence-corrected chi connectivity index (χ3v) is 8.14. The molecule has 0 radical (unpaired) electrons. The summed E-state index contributed by atoms with van der Waals surface area (Å²) in [5, 5.41) is 11.4. The Morgan fingerprint density at radius 1 is 1.33 bits per heavy atom. The highest BCUT2D eigenvalue weighted by Gasteiger charge is 2.31. The van der Waals surface area contributed by atoms with E-state index in [1.807, 2.05) is 4.57 Å². The van der Waals surface area contributed by atoms with Gasteiger partial charge in [-0.15, -0.1) is 11.3 Å². The molecule has 1 amide bonds. The number of aromatic nitrogens is 3. The minimum Gasteiger partial charge on any atom is -0.344 e. The Kier molecular flexibility index (Phi) is 5.19. The third-order valence-electron chi connectivity index (χ3n) is 4.86. The van der Waals surface area contributed by atoms with Gasteiger partial charge in [-0.1, -0.05) is 6.42 Å². The highest BCUT2D eigenvalue weighted by atomic mass is 32.2. The van der Waals surface area contributed by atoms with Crippen LogP contribution in [0, 0.1) is 4.77 Å². The van der Waals surface area contributed by atoms with E-state index in [1.165, 1.54) is 10.4 Å². The Labute approximate surface area is 166 Å². The molecule has 1 saturated heterocycles. The van der Waals surface area contributed by atoms with Gasteiger partial charge in [0.2, 0.25) is 10.0 Å². The molecule has 0 atom stereocenters. The van der Waals surface area contributed by atoms with Crippen LogP contribution in [0.1, 0.15) is 53.6 Å². The minimum absolute atomic E-state index is 0.0907. The Morgan fingerprint density at radius 3 is 2.78 bits per heavy atom. The van der Waals surface area contributed by atoms with Crippen molar-refractivity contribution in [2.45, 2.75) is 49.6 Å². The number of rotatable bonds is 6. The van der Waals surface area contributed by atoms with Gasteiger partial charge < -0.3 is 5.32 Å². The van der Waals surface area contributed by atoms with Crippen molar-refractivity contribution in [3.63, 3.8) is 0 Å². The van der Waals surface area contributed by atoms with Gasteiger partial charge in [-0.3, -0.25) is 14.5 Å². The van der Waals surface area contributed by atoms with E-state index in [4.69, 9.17) is 12.2 Å². The molecule has 11 heteroatoms.